The smallest absolute Gasteiger partial charge is 0.145 e. The Hall–Kier alpha value is -0.670. The van der Waals surface area contributed by atoms with Gasteiger partial charge in [-0.15, -0.1) is 0 Å². The molecular formula is C15H24O3. The monoisotopic (exact) mass is 252 g/mol. The lowest BCUT2D eigenvalue weighted by Gasteiger charge is -2.36. The van der Waals surface area contributed by atoms with Crippen molar-refractivity contribution in [1.82, 2.24) is 0 Å². The zero-order valence-electron chi connectivity index (χ0n) is 11.5. The zero-order chi connectivity index (χ0) is 13.5. The highest BCUT2D eigenvalue weighted by Crippen LogP contribution is 2.54. The number of fused-ring (bicyclic) bond motifs is 1. The highest BCUT2D eigenvalue weighted by atomic mass is 16.3. The zero-order valence-corrected chi connectivity index (χ0v) is 11.5. The number of aliphatic hydroxyl groups is 2. The molecule has 2 aliphatic rings. The molecule has 2 rings (SSSR count). The number of carbonyl (C=O) groups is 1. The van der Waals surface area contributed by atoms with Gasteiger partial charge in [0.15, 0.2) is 0 Å². The van der Waals surface area contributed by atoms with Crippen LogP contribution in [-0.4, -0.2) is 28.7 Å². The second kappa shape index (κ2) is 4.78. The van der Waals surface area contributed by atoms with Crippen LogP contribution in [-0.2, 0) is 4.79 Å². The van der Waals surface area contributed by atoms with E-state index in [9.17, 15) is 15.0 Å². The Morgan fingerprint density at radius 3 is 2.67 bits per heavy atom. The molecule has 0 amide bonds. The SMILES string of the molecule is CC(C)[C@@H]1[C@@H](O)C[C@@]2(C)[C@H](O)CCC(C=O)=C[C@@H]12. The van der Waals surface area contributed by atoms with E-state index in [1.165, 1.54) is 0 Å². The number of carbonyl (C=O) groups excluding carboxylic acids is 1. The van der Waals surface area contributed by atoms with Crippen molar-refractivity contribution in [2.75, 3.05) is 0 Å². The van der Waals surface area contributed by atoms with Gasteiger partial charge >= 0.3 is 0 Å². The Labute approximate surface area is 109 Å². The van der Waals surface area contributed by atoms with Crippen molar-refractivity contribution >= 4 is 6.29 Å². The standard InChI is InChI=1S/C15H24O3/c1-9(2)14-11-6-10(8-16)4-5-13(18)15(11,3)7-12(14)17/h6,8-9,11-14,17-18H,4-5,7H2,1-3H3/t11-,12-,13+,14-,15+/m0/s1. The first-order valence-corrected chi connectivity index (χ1v) is 6.92. The number of allylic oxidation sites excluding steroid dienone is 2. The highest BCUT2D eigenvalue weighted by Gasteiger charge is 2.54. The van der Waals surface area contributed by atoms with E-state index in [0.29, 0.717) is 25.2 Å². The molecule has 0 heterocycles. The topological polar surface area (TPSA) is 57.5 Å². The maximum atomic E-state index is 11.1. The average Bonchev–Trinajstić information content (AvgIpc) is 2.49. The quantitative estimate of drug-likeness (QED) is 0.738. The van der Waals surface area contributed by atoms with E-state index >= 15 is 0 Å². The largest absolute Gasteiger partial charge is 0.393 e. The summed E-state index contributed by atoms with van der Waals surface area (Å²) >= 11 is 0. The predicted octanol–water partition coefficient (Wildman–Crippen LogP) is 1.93. The normalized spacial score (nSPS) is 44.4. The van der Waals surface area contributed by atoms with Crippen LogP contribution < -0.4 is 0 Å². The third kappa shape index (κ3) is 2.04. The molecule has 0 aromatic rings. The minimum absolute atomic E-state index is 0.102. The third-order valence-electron chi connectivity index (χ3n) is 5.05. The molecule has 0 spiro atoms. The molecule has 102 valence electrons. The second-order valence-corrected chi connectivity index (χ2v) is 6.54. The van der Waals surface area contributed by atoms with Crippen molar-refractivity contribution in [3.63, 3.8) is 0 Å². The van der Waals surface area contributed by atoms with Crippen LogP contribution in [0.2, 0.25) is 0 Å². The van der Waals surface area contributed by atoms with E-state index in [2.05, 4.69) is 20.8 Å². The molecule has 0 aromatic carbocycles. The molecule has 1 saturated carbocycles. The summed E-state index contributed by atoms with van der Waals surface area (Å²) in [7, 11) is 0. The molecule has 0 unspecified atom stereocenters. The first-order chi connectivity index (χ1) is 8.40. The van der Waals surface area contributed by atoms with Crippen molar-refractivity contribution in [1.29, 1.82) is 0 Å². The summed E-state index contributed by atoms with van der Waals surface area (Å²) in [5.74, 6) is 0.587. The Balaban J connectivity index is 2.43. The maximum absolute atomic E-state index is 11.1. The van der Waals surface area contributed by atoms with Crippen LogP contribution in [0.15, 0.2) is 11.6 Å². The summed E-state index contributed by atoms with van der Waals surface area (Å²) in [4.78, 5) is 11.1. The number of hydrogen-bond donors (Lipinski definition) is 2. The van der Waals surface area contributed by atoms with Crippen LogP contribution in [0.4, 0.5) is 0 Å². The fourth-order valence-corrected chi connectivity index (χ4v) is 3.97. The molecule has 5 atom stereocenters. The molecule has 2 N–H and O–H groups in total. The van der Waals surface area contributed by atoms with E-state index in [1.807, 2.05) is 6.08 Å². The Morgan fingerprint density at radius 1 is 1.44 bits per heavy atom. The van der Waals surface area contributed by atoms with Gasteiger partial charge < -0.3 is 10.2 Å². The first-order valence-electron chi connectivity index (χ1n) is 6.92. The minimum atomic E-state index is -0.436. The van der Waals surface area contributed by atoms with Crippen LogP contribution in [0, 0.1) is 23.2 Å². The summed E-state index contributed by atoms with van der Waals surface area (Å²) in [6.07, 6.45) is 4.01. The van der Waals surface area contributed by atoms with Gasteiger partial charge in [-0.2, -0.15) is 0 Å². The molecule has 0 saturated heterocycles. The molecule has 3 heteroatoms. The van der Waals surface area contributed by atoms with Crippen molar-refractivity contribution < 1.29 is 15.0 Å². The molecule has 0 aliphatic heterocycles. The van der Waals surface area contributed by atoms with Crippen molar-refractivity contribution in [2.24, 2.45) is 23.2 Å². The number of aldehydes is 1. The Bertz CT molecular complexity index is 361. The van der Waals surface area contributed by atoms with Crippen molar-refractivity contribution in [3.05, 3.63) is 11.6 Å². The number of rotatable bonds is 2. The fourth-order valence-electron chi connectivity index (χ4n) is 3.97. The molecule has 0 radical (unpaired) electrons. The van der Waals surface area contributed by atoms with Crippen LogP contribution in [0.1, 0.15) is 40.0 Å². The van der Waals surface area contributed by atoms with Gasteiger partial charge in [-0.25, -0.2) is 0 Å². The van der Waals surface area contributed by atoms with E-state index in [1.54, 1.807) is 0 Å². The van der Waals surface area contributed by atoms with Crippen LogP contribution in [0.25, 0.3) is 0 Å². The van der Waals surface area contributed by atoms with Gasteiger partial charge in [0.05, 0.1) is 12.2 Å². The summed E-state index contributed by atoms with van der Waals surface area (Å²) < 4.78 is 0. The van der Waals surface area contributed by atoms with Gasteiger partial charge in [0.1, 0.15) is 6.29 Å². The van der Waals surface area contributed by atoms with Gasteiger partial charge in [-0.3, -0.25) is 4.79 Å². The van der Waals surface area contributed by atoms with Gasteiger partial charge in [0.2, 0.25) is 0 Å². The average molecular weight is 252 g/mol. The van der Waals surface area contributed by atoms with E-state index in [0.717, 1.165) is 11.9 Å². The molecule has 1 fully saturated rings. The van der Waals surface area contributed by atoms with E-state index in [4.69, 9.17) is 0 Å². The van der Waals surface area contributed by atoms with Gasteiger partial charge in [-0.05, 0) is 42.6 Å². The summed E-state index contributed by atoms with van der Waals surface area (Å²) in [5, 5.41) is 20.7. The number of hydrogen-bond acceptors (Lipinski definition) is 3. The molecule has 2 aliphatic carbocycles. The minimum Gasteiger partial charge on any atom is -0.393 e. The Kier molecular flexibility index (Phi) is 3.65. The van der Waals surface area contributed by atoms with E-state index in [-0.39, 0.29) is 23.4 Å². The lowest BCUT2D eigenvalue weighted by atomic mass is 9.71. The highest BCUT2D eigenvalue weighted by molar-refractivity contribution is 5.73. The molecule has 3 nitrogen and oxygen atoms in total. The Morgan fingerprint density at radius 2 is 2.11 bits per heavy atom. The van der Waals surface area contributed by atoms with E-state index < -0.39 is 6.10 Å². The van der Waals surface area contributed by atoms with Crippen LogP contribution in [0.3, 0.4) is 0 Å². The fraction of sp³-hybridized carbons (Fsp3) is 0.800. The summed E-state index contributed by atoms with van der Waals surface area (Å²) in [6.45, 7) is 6.26. The molecular weight excluding hydrogens is 228 g/mol. The van der Waals surface area contributed by atoms with Crippen LogP contribution in [0.5, 0.6) is 0 Å². The van der Waals surface area contributed by atoms with Crippen molar-refractivity contribution in [3.8, 4) is 0 Å². The maximum Gasteiger partial charge on any atom is 0.145 e. The van der Waals surface area contributed by atoms with Crippen molar-refractivity contribution in [2.45, 2.75) is 52.2 Å². The number of aliphatic hydroxyl groups excluding tert-OH is 2. The van der Waals surface area contributed by atoms with Gasteiger partial charge in [0, 0.05) is 5.41 Å². The molecule has 18 heavy (non-hydrogen) atoms. The predicted molar refractivity (Wildman–Crippen MR) is 69.9 cm³/mol. The van der Waals surface area contributed by atoms with Crippen LogP contribution >= 0.6 is 0 Å². The lowest BCUT2D eigenvalue weighted by Crippen LogP contribution is -2.36. The summed E-state index contributed by atoms with van der Waals surface area (Å²) in [6, 6.07) is 0. The molecule has 0 bridgehead atoms. The molecule has 0 aromatic heterocycles. The van der Waals surface area contributed by atoms with Gasteiger partial charge in [-0.1, -0.05) is 26.8 Å². The lowest BCUT2D eigenvalue weighted by molar-refractivity contribution is -0.105. The summed E-state index contributed by atoms with van der Waals surface area (Å²) in [5.41, 5.74) is 0.488. The second-order valence-electron chi connectivity index (χ2n) is 6.54. The first kappa shape index (κ1) is 13.8. The van der Waals surface area contributed by atoms with Gasteiger partial charge in [0.25, 0.3) is 0 Å². The third-order valence-corrected chi connectivity index (χ3v) is 5.05.